The van der Waals surface area contributed by atoms with Crippen molar-refractivity contribution in [2.75, 3.05) is 61.9 Å². The Hall–Kier alpha value is -0.630. The summed E-state index contributed by atoms with van der Waals surface area (Å²) in [6, 6.07) is 7.91. The van der Waals surface area contributed by atoms with Gasteiger partial charge in [-0.1, -0.05) is 51.2 Å². The molecule has 0 aliphatic carbocycles. The van der Waals surface area contributed by atoms with Gasteiger partial charge in [0.15, 0.2) is 0 Å². The molecule has 0 saturated carbocycles. The summed E-state index contributed by atoms with van der Waals surface area (Å²) in [4.78, 5) is 13.4. The number of halogens is 2. The molecular weight excluding hydrogens is 570 g/mol. The Labute approximate surface area is 237 Å². The molecule has 0 heterocycles. The van der Waals surface area contributed by atoms with Crippen LogP contribution in [0.3, 0.4) is 0 Å². The third-order valence-corrected chi connectivity index (χ3v) is 6.53. The minimum Gasteiger partial charge on any atom is -1.00 e. The van der Waals surface area contributed by atoms with E-state index in [9.17, 15) is 4.79 Å². The van der Waals surface area contributed by atoms with Crippen molar-refractivity contribution in [3.8, 4) is 5.75 Å². The first-order chi connectivity index (χ1) is 15.6. The highest BCUT2D eigenvalue weighted by atomic mass is 79.9. The average molecular weight is 624 g/mol. The van der Waals surface area contributed by atoms with Crippen LogP contribution in [0.15, 0.2) is 24.3 Å². The summed E-state index contributed by atoms with van der Waals surface area (Å²) < 4.78 is 7.65. The molecule has 1 amide bonds. The van der Waals surface area contributed by atoms with Gasteiger partial charge in [0.05, 0.1) is 47.8 Å². The molecule has 0 unspecified atom stereocenters. The van der Waals surface area contributed by atoms with Crippen molar-refractivity contribution < 1.29 is 52.5 Å². The van der Waals surface area contributed by atoms with Crippen LogP contribution in [0.2, 0.25) is 0 Å². The SMILES string of the molecule is CCCC[N+](C)(C)CCCCCCCCCC[N+](C)(C)Cc1ccccc1OC(=O)N(C)C.[Br-].[Br-]. The summed E-state index contributed by atoms with van der Waals surface area (Å²) in [5.41, 5.74) is 1.09. The maximum atomic E-state index is 12.0. The quantitative estimate of drug-likeness (QED) is 0.185. The Balaban J connectivity index is 0. The largest absolute Gasteiger partial charge is 1.00 e. The van der Waals surface area contributed by atoms with Crippen molar-refractivity contribution in [1.82, 2.24) is 4.90 Å². The molecule has 0 aliphatic rings. The molecule has 1 aromatic carbocycles. The maximum Gasteiger partial charge on any atom is 0.414 e. The number of para-hydroxylation sites is 1. The molecule has 0 N–H and O–H groups in total. The maximum absolute atomic E-state index is 12.0. The molecule has 0 saturated heterocycles. The van der Waals surface area contributed by atoms with E-state index >= 15 is 0 Å². The van der Waals surface area contributed by atoms with E-state index in [1.54, 1.807) is 14.1 Å². The number of rotatable bonds is 17. The molecule has 0 spiro atoms. The predicted octanol–water partition coefficient (Wildman–Crippen LogP) is 0.329. The second-order valence-corrected chi connectivity index (χ2v) is 11.3. The molecule has 5 nitrogen and oxygen atoms in total. The Bertz CT molecular complexity index is 682. The van der Waals surface area contributed by atoms with Crippen molar-refractivity contribution in [3.63, 3.8) is 0 Å². The number of hydrogen-bond donors (Lipinski definition) is 0. The lowest BCUT2D eigenvalue weighted by molar-refractivity contribution is -0.903. The molecule has 1 aromatic rings. The second kappa shape index (κ2) is 19.5. The summed E-state index contributed by atoms with van der Waals surface area (Å²) in [6.45, 7) is 6.93. The zero-order valence-corrected chi connectivity index (χ0v) is 26.8. The second-order valence-electron chi connectivity index (χ2n) is 11.3. The number of amides is 1. The molecule has 0 aliphatic heterocycles. The number of ether oxygens (including phenoxy) is 1. The number of hydrogen-bond acceptors (Lipinski definition) is 2. The fourth-order valence-electron chi connectivity index (χ4n) is 4.30. The molecule has 1 rings (SSSR count). The van der Waals surface area contributed by atoms with E-state index in [0.717, 1.165) is 23.1 Å². The first kappa shape index (κ1) is 36.5. The molecule has 0 bridgehead atoms. The first-order valence-electron chi connectivity index (χ1n) is 13.2. The third-order valence-electron chi connectivity index (χ3n) is 6.53. The standard InChI is InChI=1S/C28H53N3O2.2BrH/c1-8-9-22-30(4,5)23-18-14-12-10-11-13-15-19-24-31(6,7)25-26-20-16-17-21-27(26)33-28(32)29(2)3;;/h16-17,20-21H,8-15,18-19,22-25H2,1-7H3;2*1H/q+2;;/p-2. The molecular formula is C28H53Br2N3O2. The van der Waals surface area contributed by atoms with Gasteiger partial charge in [-0.25, -0.2) is 4.79 Å². The van der Waals surface area contributed by atoms with Crippen molar-refractivity contribution in [2.45, 2.75) is 77.7 Å². The monoisotopic (exact) mass is 621 g/mol. The summed E-state index contributed by atoms with van der Waals surface area (Å²) in [5.74, 6) is 0.676. The van der Waals surface area contributed by atoms with Crippen LogP contribution in [0.4, 0.5) is 4.79 Å². The Morgan fingerprint density at radius 2 is 1.20 bits per heavy atom. The normalized spacial score (nSPS) is 11.4. The highest BCUT2D eigenvalue weighted by Crippen LogP contribution is 2.23. The van der Waals surface area contributed by atoms with Crippen molar-refractivity contribution >= 4 is 6.09 Å². The summed E-state index contributed by atoms with van der Waals surface area (Å²) in [6.07, 6.45) is 13.1. The predicted molar refractivity (Wildman–Crippen MR) is 141 cm³/mol. The number of carbonyl (C=O) groups excluding carboxylic acids is 1. The number of quaternary nitrogens is 2. The zero-order chi connectivity index (χ0) is 24.7. The molecule has 7 heteroatoms. The zero-order valence-electron chi connectivity index (χ0n) is 23.6. The van der Waals surface area contributed by atoms with Crippen LogP contribution in [-0.2, 0) is 6.54 Å². The molecule has 0 fully saturated rings. The number of nitrogens with zero attached hydrogens (tertiary/aromatic N) is 3. The average Bonchev–Trinajstić information content (AvgIpc) is 2.74. The van der Waals surface area contributed by atoms with Crippen LogP contribution in [-0.4, -0.2) is 81.9 Å². The smallest absolute Gasteiger partial charge is 0.414 e. The van der Waals surface area contributed by atoms with E-state index < -0.39 is 0 Å². The Kier molecular flexibility index (Phi) is 20.3. The fourth-order valence-corrected chi connectivity index (χ4v) is 4.30. The minimum atomic E-state index is -0.327. The van der Waals surface area contributed by atoms with E-state index in [2.05, 4.69) is 41.2 Å². The van der Waals surface area contributed by atoms with Gasteiger partial charge in [-0.05, 0) is 44.2 Å². The highest BCUT2D eigenvalue weighted by Gasteiger charge is 2.20. The minimum absolute atomic E-state index is 0. The van der Waals surface area contributed by atoms with Gasteiger partial charge in [0.1, 0.15) is 12.3 Å². The molecule has 0 aromatic heterocycles. The van der Waals surface area contributed by atoms with Gasteiger partial charge < -0.3 is 52.6 Å². The van der Waals surface area contributed by atoms with Gasteiger partial charge in [0.25, 0.3) is 0 Å². The van der Waals surface area contributed by atoms with Crippen LogP contribution in [0, 0.1) is 0 Å². The summed E-state index contributed by atoms with van der Waals surface area (Å²) in [7, 11) is 12.7. The Morgan fingerprint density at radius 3 is 1.71 bits per heavy atom. The van der Waals surface area contributed by atoms with E-state index in [-0.39, 0.29) is 40.1 Å². The van der Waals surface area contributed by atoms with Crippen molar-refractivity contribution in [3.05, 3.63) is 29.8 Å². The highest BCUT2D eigenvalue weighted by molar-refractivity contribution is 5.70. The number of unbranched alkanes of at least 4 members (excludes halogenated alkanes) is 8. The lowest BCUT2D eigenvalue weighted by Crippen LogP contribution is -3.00. The molecule has 206 valence electrons. The van der Waals surface area contributed by atoms with Gasteiger partial charge in [0.2, 0.25) is 0 Å². The van der Waals surface area contributed by atoms with Crippen LogP contribution >= 0.6 is 0 Å². The van der Waals surface area contributed by atoms with Crippen LogP contribution < -0.4 is 38.7 Å². The van der Waals surface area contributed by atoms with E-state index in [4.69, 9.17) is 4.74 Å². The fraction of sp³-hybridized carbons (Fsp3) is 0.750. The lowest BCUT2D eigenvalue weighted by atomic mass is 10.1. The van der Waals surface area contributed by atoms with Crippen LogP contribution in [0.25, 0.3) is 0 Å². The topological polar surface area (TPSA) is 29.5 Å². The summed E-state index contributed by atoms with van der Waals surface area (Å²) in [5, 5.41) is 0. The Morgan fingerprint density at radius 1 is 0.743 bits per heavy atom. The lowest BCUT2D eigenvalue weighted by Gasteiger charge is -2.30. The summed E-state index contributed by atoms with van der Waals surface area (Å²) >= 11 is 0. The van der Waals surface area contributed by atoms with E-state index in [1.807, 2.05) is 18.2 Å². The van der Waals surface area contributed by atoms with Gasteiger partial charge in [-0.3, -0.25) is 0 Å². The number of carbonyl (C=O) groups is 1. The van der Waals surface area contributed by atoms with Crippen molar-refractivity contribution in [1.29, 1.82) is 0 Å². The first-order valence-corrected chi connectivity index (χ1v) is 13.2. The van der Waals surface area contributed by atoms with Crippen LogP contribution in [0.5, 0.6) is 5.75 Å². The van der Waals surface area contributed by atoms with Crippen LogP contribution in [0.1, 0.15) is 76.7 Å². The van der Waals surface area contributed by atoms with Gasteiger partial charge >= 0.3 is 6.09 Å². The van der Waals surface area contributed by atoms with Gasteiger partial charge in [-0.2, -0.15) is 0 Å². The third kappa shape index (κ3) is 17.5. The van der Waals surface area contributed by atoms with E-state index in [1.165, 1.54) is 86.7 Å². The molecule has 0 radical (unpaired) electrons. The van der Waals surface area contributed by atoms with Gasteiger partial charge in [0, 0.05) is 19.7 Å². The number of benzene rings is 1. The van der Waals surface area contributed by atoms with Crippen molar-refractivity contribution in [2.24, 2.45) is 0 Å². The molecule has 35 heavy (non-hydrogen) atoms. The van der Waals surface area contributed by atoms with Gasteiger partial charge in [-0.15, -0.1) is 0 Å². The van der Waals surface area contributed by atoms with E-state index in [0.29, 0.717) is 5.75 Å². The molecule has 0 atom stereocenters.